The first-order valence-electron chi connectivity index (χ1n) is 3.87. The number of allylic oxidation sites excluding steroid dienone is 2. The van der Waals surface area contributed by atoms with Gasteiger partial charge in [0.15, 0.2) is 0 Å². The van der Waals surface area contributed by atoms with Crippen LogP contribution < -0.4 is 11.1 Å². The number of hydrogen-bond acceptors (Lipinski definition) is 3. The van der Waals surface area contributed by atoms with Crippen molar-refractivity contribution in [2.45, 2.75) is 19.8 Å². The Bertz CT molecular complexity index is 155. The molecule has 62 valence electrons. The Balaban J connectivity index is 3.72. The topological polar surface area (TPSA) is 61.8 Å². The van der Waals surface area contributed by atoms with Crippen LogP contribution in [0.25, 0.3) is 0 Å². The standard InChI is InChI=1S/C8H15N3/c1-2-3-8(4-5-9)11-7-6-10/h4,11H,2-3,6-7,10H2,1H3/b8-4+. The molecule has 3 heteroatoms. The predicted octanol–water partition coefficient (Wildman–Crippen LogP) is 0.742. The van der Waals surface area contributed by atoms with Crippen molar-refractivity contribution in [2.24, 2.45) is 5.73 Å². The second-order valence-electron chi connectivity index (χ2n) is 2.26. The molecule has 0 aliphatic rings. The zero-order valence-electron chi connectivity index (χ0n) is 6.93. The molecule has 0 saturated carbocycles. The van der Waals surface area contributed by atoms with Crippen LogP contribution in [0.15, 0.2) is 11.8 Å². The van der Waals surface area contributed by atoms with Gasteiger partial charge >= 0.3 is 0 Å². The van der Waals surface area contributed by atoms with Gasteiger partial charge in [0.2, 0.25) is 0 Å². The molecule has 0 spiro atoms. The quantitative estimate of drug-likeness (QED) is 0.573. The summed E-state index contributed by atoms with van der Waals surface area (Å²) in [5.74, 6) is 0. The minimum absolute atomic E-state index is 0.604. The third kappa shape index (κ3) is 5.43. The predicted molar refractivity (Wildman–Crippen MR) is 45.7 cm³/mol. The van der Waals surface area contributed by atoms with Crippen molar-refractivity contribution >= 4 is 0 Å². The van der Waals surface area contributed by atoms with Crippen LogP contribution in [0.4, 0.5) is 0 Å². The van der Waals surface area contributed by atoms with Crippen molar-refractivity contribution in [3.8, 4) is 6.07 Å². The van der Waals surface area contributed by atoms with E-state index in [0.717, 1.165) is 25.1 Å². The number of nitrogens with two attached hydrogens (primary N) is 1. The van der Waals surface area contributed by atoms with Gasteiger partial charge in [0.05, 0.1) is 6.07 Å². The summed E-state index contributed by atoms with van der Waals surface area (Å²) in [5.41, 5.74) is 6.28. The van der Waals surface area contributed by atoms with E-state index in [-0.39, 0.29) is 0 Å². The van der Waals surface area contributed by atoms with Gasteiger partial charge in [-0.3, -0.25) is 0 Å². The summed E-state index contributed by atoms with van der Waals surface area (Å²) >= 11 is 0. The average Bonchev–Trinajstić information content (AvgIpc) is 2.01. The van der Waals surface area contributed by atoms with E-state index in [0.29, 0.717) is 6.54 Å². The van der Waals surface area contributed by atoms with E-state index in [1.54, 1.807) is 6.08 Å². The van der Waals surface area contributed by atoms with E-state index in [1.807, 2.05) is 6.07 Å². The normalized spacial score (nSPS) is 10.8. The molecule has 0 aliphatic heterocycles. The molecule has 0 fully saturated rings. The van der Waals surface area contributed by atoms with Gasteiger partial charge in [0.1, 0.15) is 0 Å². The highest BCUT2D eigenvalue weighted by Crippen LogP contribution is 1.98. The number of nitrogens with zero attached hydrogens (tertiary/aromatic N) is 1. The molecule has 0 unspecified atom stereocenters. The van der Waals surface area contributed by atoms with Crippen LogP contribution in [-0.2, 0) is 0 Å². The van der Waals surface area contributed by atoms with Gasteiger partial charge in [-0.2, -0.15) is 5.26 Å². The molecule has 0 aromatic carbocycles. The van der Waals surface area contributed by atoms with Crippen LogP contribution in [0.2, 0.25) is 0 Å². The molecular weight excluding hydrogens is 138 g/mol. The van der Waals surface area contributed by atoms with Crippen LogP contribution in [0.1, 0.15) is 19.8 Å². The molecule has 3 N–H and O–H groups in total. The average molecular weight is 153 g/mol. The fraction of sp³-hybridized carbons (Fsp3) is 0.625. The summed E-state index contributed by atoms with van der Waals surface area (Å²) in [6, 6.07) is 2.00. The molecule has 0 atom stereocenters. The number of nitriles is 1. The first-order valence-corrected chi connectivity index (χ1v) is 3.87. The fourth-order valence-electron chi connectivity index (χ4n) is 0.792. The zero-order chi connectivity index (χ0) is 8.53. The van der Waals surface area contributed by atoms with Crippen LogP contribution in [0, 0.1) is 11.3 Å². The van der Waals surface area contributed by atoms with Gasteiger partial charge in [-0.15, -0.1) is 0 Å². The minimum atomic E-state index is 0.604. The lowest BCUT2D eigenvalue weighted by Crippen LogP contribution is -2.21. The molecule has 0 saturated heterocycles. The molecule has 0 radical (unpaired) electrons. The Kier molecular flexibility index (Phi) is 6.45. The molecule has 0 amide bonds. The van der Waals surface area contributed by atoms with E-state index >= 15 is 0 Å². The van der Waals surface area contributed by atoms with Crippen LogP contribution in [0.3, 0.4) is 0 Å². The second kappa shape index (κ2) is 7.10. The first-order chi connectivity index (χ1) is 5.35. The van der Waals surface area contributed by atoms with Crippen molar-refractivity contribution in [2.75, 3.05) is 13.1 Å². The number of nitrogens with one attached hydrogen (secondary N) is 1. The van der Waals surface area contributed by atoms with Crippen LogP contribution in [-0.4, -0.2) is 13.1 Å². The highest BCUT2D eigenvalue weighted by Gasteiger charge is 1.92. The first kappa shape index (κ1) is 9.99. The molecule has 0 aromatic rings. The van der Waals surface area contributed by atoms with Gasteiger partial charge in [-0.1, -0.05) is 13.3 Å². The highest BCUT2D eigenvalue weighted by molar-refractivity contribution is 5.11. The summed E-state index contributed by atoms with van der Waals surface area (Å²) in [6.45, 7) is 3.43. The van der Waals surface area contributed by atoms with Gasteiger partial charge < -0.3 is 11.1 Å². The monoisotopic (exact) mass is 153 g/mol. The van der Waals surface area contributed by atoms with Crippen LogP contribution >= 0.6 is 0 Å². The highest BCUT2D eigenvalue weighted by atomic mass is 14.9. The Morgan fingerprint density at radius 2 is 2.45 bits per heavy atom. The Morgan fingerprint density at radius 1 is 1.73 bits per heavy atom. The third-order valence-electron chi connectivity index (χ3n) is 1.25. The smallest absolute Gasteiger partial charge is 0.0930 e. The molecule has 3 nitrogen and oxygen atoms in total. The largest absolute Gasteiger partial charge is 0.387 e. The summed E-state index contributed by atoms with van der Waals surface area (Å²) in [7, 11) is 0. The van der Waals surface area contributed by atoms with Gasteiger partial charge in [0.25, 0.3) is 0 Å². The lowest BCUT2D eigenvalue weighted by Gasteiger charge is -2.06. The van der Waals surface area contributed by atoms with Gasteiger partial charge in [-0.05, 0) is 6.42 Å². The lowest BCUT2D eigenvalue weighted by molar-refractivity contribution is 0.734. The van der Waals surface area contributed by atoms with E-state index in [9.17, 15) is 0 Å². The maximum absolute atomic E-state index is 8.36. The van der Waals surface area contributed by atoms with E-state index in [4.69, 9.17) is 11.0 Å². The summed E-state index contributed by atoms with van der Waals surface area (Å²) in [5, 5.41) is 11.4. The van der Waals surface area contributed by atoms with E-state index in [1.165, 1.54) is 0 Å². The molecule has 0 aromatic heterocycles. The van der Waals surface area contributed by atoms with Gasteiger partial charge in [-0.25, -0.2) is 0 Å². The van der Waals surface area contributed by atoms with Crippen LogP contribution in [0.5, 0.6) is 0 Å². The molecule has 0 heterocycles. The van der Waals surface area contributed by atoms with Crippen molar-refractivity contribution in [3.63, 3.8) is 0 Å². The van der Waals surface area contributed by atoms with Crippen molar-refractivity contribution < 1.29 is 0 Å². The Labute approximate surface area is 67.9 Å². The maximum Gasteiger partial charge on any atom is 0.0930 e. The molecule has 0 aliphatic carbocycles. The lowest BCUT2D eigenvalue weighted by atomic mass is 10.2. The third-order valence-corrected chi connectivity index (χ3v) is 1.25. The SMILES string of the molecule is CCC/C(=C\C#N)NCCN. The van der Waals surface area contributed by atoms with Crippen molar-refractivity contribution in [3.05, 3.63) is 11.8 Å². The molecule has 0 bridgehead atoms. The van der Waals surface area contributed by atoms with Gasteiger partial charge in [0, 0.05) is 24.9 Å². The van der Waals surface area contributed by atoms with E-state index in [2.05, 4.69) is 12.2 Å². The molecule has 0 rings (SSSR count). The zero-order valence-corrected chi connectivity index (χ0v) is 6.93. The van der Waals surface area contributed by atoms with Crippen molar-refractivity contribution in [1.82, 2.24) is 5.32 Å². The second-order valence-corrected chi connectivity index (χ2v) is 2.26. The summed E-state index contributed by atoms with van der Waals surface area (Å²) in [4.78, 5) is 0. The molecular formula is C8H15N3. The Morgan fingerprint density at radius 3 is 2.91 bits per heavy atom. The molecule has 11 heavy (non-hydrogen) atoms. The number of hydrogen-bond donors (Lipinski definition) is 2. The Hall–Kier alpha value is -1.01. The summed E-state index contributed by atoms with van der Waals surface area (Å²) in [6.07, 6.45) is 3.51. The fourth-order valence-corrected chi connectivity index (χ4v) is 0.792. The number of rotatable bonds is 5. The van der Waals surface area contributed by atoms with Crippen molar-refractivity contribution in [1.29, 1.82) is 5.26 Å². The van der Waals surface area contributed by atoms with E-state index < -0.39 is 0 Å². The maximum atomic E-state index is 8.36. The summed E-state index contributed by atoms with van der Waals surface area (Å²) < 4.78 is 0. The minimum Gasteiger partial charge on any atom is -0.387 e.